The zero-order chi connectivity index (χ0) is 32.5. The Labute approximate surface area is 257 Å². The summed E-state index contributed by atoms with van der Waals surface area (Å²) in [6, 6.07) is 4.12. The third kappa shape index (κ3) is 12.8. The molecule has 0 aliphatic carbocycles. The number of hydrogen-bond donors (Lipinski definition) is 7. The Bertz CT molecular complexity index is 1280. The number of para-hydroxylation sites is 1. The van der Waals surface area contributed by atoms with E-state index in [1.807, 2.05) is 30.5 Å². The fraction of sp³-hybridized carbons (Fsp3) is 0.548. The second-order valence-electron chi connectivity index (χ2n) is 11.0. The Balaban J connectivity index is 2.12. The van der Waals surface area contributed by atoms with Crippen molar-refractivity contribution in [1.82, 2.24) is 26.3 Å². The number of aliphatic carboxylic acids is 1. The number of amides is 5. The van der Waals surface area contributed by atoms with Crippen LogP contribution in [0, 0.1) is 0 Å². The molecule has 0 aliphatic rings. The summed E-state index contributed by atoms with van der Waals surface area (Å²) >= 11 is 0. The lowest BCUT2D eigenvalue weighted by Gasteiger charge is -2.23. The summed E-state index contributed by atoms with van der Waals surface area (Å²) in [5.41, 5.74) is 7.10. The molecule has 0 radical (unpaired) electrons. The van der Waals surface area contributed by atoms with Crippen molar-refractivity contribution in [2.45, 2.75) is 102 Å². The maximum Gasteiger partial charge on any atom is 0.305 e. The smallest absolute Gasteiger partial charge is 0.305 e. The molecule has 5 amide bonds. The minimum absolute atomic E-state index is 0.190. The van der Waals surface area contributed by atoms with Gasteiger partial charge in [-0.2, -0.15) is 0 Å². The molecule has 242 valence electrons. The van der Waals surface area contributed by atoms with E-state index in [9.17, 15) is 28.8 Å². The van der Waals surface area contributed by atoms with Gasteiger partial charge in [-0.15, -0.1) is 0 Å². The van der Waals surface area contributed by atoms with Gasteiger partial charge in [0.05, 0.1) is 12.8 Å². The molecule has 1 heterocycles. The molecule has 1 aromatic heterocycles. The average molecular weight is 615 g/mol. The van der Waals surface area contributed by atoms with Crippen molar-refractivity contribution in [2.24, 2.45) is 5.73 Å². The van der Waals surface area contributed by atoms with Crippen molar-refractivity contribution in [3.05, 3.63) is 36.0 Å². The van der Waals surface area contributed by atoms with Gasteiger partial charge in [0.15, 0.2) is 0 Å². The van der Waals surface area contributed by atoms with E-state index >= 15 is 0 Å². The summed E-state index contributed by atoms with van der Waals surface area (Å²) in [6.07, 6.45) is 8.39. The number of unbranched alkanes of at least 4 members (excludes halogenated alkanes) is 6. The van der Waals surface area contributed by atoms with Gasteiger partial charge < -0.3 is 37.1 Å². The van der Waals surface area contributed by atoms with Crippen LogP contribution in [-0.4, -0.2) is 70.8 Å². The van der Waals surface area contributed by atoms with Crippen molar-refractivity contribution >= 4 is 46.4 Å². The number of benzene rings is 1. The molecule has 0 aliphatic heterocycles. The number of rotatable bonds is 21. The predicted octanol–water partition coefficient (Wildman–Crippen LogP) is 1.79. The second-order valence-corrected chi connectivity index (χ2v) is 11.0. The Kier molecular flexibility index (Phi) is 15.4. The van der Waals surface area contributed by atoms with Gasteiger partial charge in [-0.1, -0.05) is 63.6 Å². The van der Waals surface area contributed by atoms with E-state index in [0.717, 1.165) is 42.1 Å². The van der Waals surface area contributed by atoms with Crippen molar-refractivity contribution in [1.29, 1.82) is 0 Å². The number of likely N-dealkylation sites (N-methyl/N-ethyl adjacent to an activating group) is 1. The highest BCUT2D eigenvalue weighted by molar-refractivity contribution is 5.96. The second kappa shape index (κ2) is 19.0. The van der Waals surface area contributed by atoms with E-state index in [2.05, 4.69) is 33.2 Å². The molecular formula is C31H46N6O7. The van der Waals surface area contributed by atoms with Crippen molar-refractivity contribution < 1.29 is 33.9 Å². The lowest BCUT2D eigenvalue weighted by molar-refractivity contribution is -0.141. The van der Waals surface area contributed by atoms with E-state index in [1.54, 1.807) is 0 Å². The van der Waals surface area contributed by atoms with Crippen LogP contribution in [0.3, 0.4) is 0 Å². The number of H-pyrrole nitrogens is 1. The van der Waals surface area contributed by atoms with Crippen LogP contribution in [0.25, 0.3) is 10.9 Å². The molecule has 0 spiro atoms. The Morgan fingerprint density at radius 2 is 1.48 bits per heavy atom. The molecule has 8 N–H and O–H groups in total. The van der Waals surface area contributed by atoms with Crippen molar-refractivity contribution in [3.63, 3.8) is 0 Å². The quantitative estimate of drug-likeness (QED) is 0.103. The molecule has 0 fully saturated rings. The summed E-state index contributed by atoms with van der Waals surface area (Å²) in [5, 5.41) is 20.0. The van der Waals surface area contributed by atoms with E-state index in [0.29, 0.717) is 12.8 Å². The highest BCUT2D eigenvalue weighted by Gasteiger charge is 2.30. The van der Waals surface area contributed by atoms with Gasteiger partial charge in [0.25, 0.3) is 0 Å². The lowest BCUT2D eigenvalue weighted by atomic mass is 10.0. The molecule has 13 heteroatoms. The first-order valence-electron chi connectivity index (χ1n) is 15.2. The van der Waals surface area contributed by atoms with Crippen LogP contribution in [0.1, 0.15) is 83.1 Å². The van der Waals surface area contributed by atoms with Crippen LogP contribution in [-0.2, 0) is 35.2 Å². The summed E-state index contributed by atoms with van der Waals surface area (Å²) in [6.45, 7) is 2.16. The van der Waals surface area contributed by atoms with E-state index < -0.39 is 60.6 Å². The molecular weight excluding hydrogens is 568 g/mol. The number of nitrogens with two attached hydrogens (primary N) is 1. The first kappa shape index (κ1) is 35.8. The zero-order valence-electron chi connectivity index (χ0n) is 25.6. The van der Waals surface area contributed by atoms with Crippen LogP contribution in [0.5, 0.6) is 0 Å². The average Bonchev–Trinajstić information content (AvgIpc) is 3.37. The van der Waals surface area contributed by atoms with Crippen LogP contribution >= 0.6 is 0 Å². The molecule has 0 bridgehead atoms. The lowest BCUT2D eigenvalue weighted by Crippen LogP contribution is -2.55. The van der Waals surface area contributed by atoms with Gasteiger partial charge in [-0.05, 0) is 24.5 Å². The topological polar surface area (TPSA) is 213 Å². The normalized spacial score (nSPS) is 13.0. The number of carbonyl (C=O) groups excluding carboxylic acids is 5. The summed E-state index contributed by atoms with van der Waals surface area (Å²) < 4.78 is 0. The minimum atomic E-state index is -1.46. The molecule has 13 nitrogen and oxygen atoms in total. The van der Waals surface area contributed by atoms with E-state index in [1.165, 1.54) is 26.3 Å². The van der Waals surface area contributed by atoms with Crippen LogP contribution in [0.2, 0.25) is 0 Å². The van der Waals surface area contributed by atoms with Gasteiger partial charge in [-0.25, -0.2) is 0 Å². The summed E-state index contributed by atoms with van der Waals surface area (Å²) in [7, 11) is 1.28. The SMILES string of the molecule is CCCCCCCCCC(=O)NC(CC(=O)NC(CC(N)=O)C(=O)NC(CC(=O)O)C(=O)NC)Cc1c[nH]c2ccccc12. The van der Waals surface area contributed by atoms with Gasteiger partial charge in [0.2, 0.25) is 29.5 Å². The molecule has 2 aromatic rings. The maximum absolute atomic E-state index is 13.2. The Morgan fingerprint density at radius 1 is 0.818 bits per heavy atom. The predicted molar refractivity (Wildman–Crippen MR) is 165 cm³/mol. The van der Waals surface area contributed by atoms with Crippen molar-refractivity contribution in [2.75, 3.05) is 7.05 Å². The molecule has 3 atom stereocenters. The molecule has 0 saturated heterocycles. The minimum Gasteiger partial charge on any atom is -0.481 e. The number of fused-ring (bicyclic) bond motifs is 1. The summed E-state index contributed by atoms with van der Waals surface area (Å²) in [5.74, 6) is -4.75. The number of aromatic amines is 1. The molecule has 2 rings (SSSR count). The highest BCUT2D eigenvalue weighted by atomic mass is 16.4. The largest absolute Gasteiger partial charge is 0.481 e. The Hall–Kier alpha value is -4.42. The molecule has 44 heavy (non-hydrogen) atoms. The van der Waals surface area contributed by atoms with Gasteiger partial charge in [-0.3, -0.25) is 28.8 Å². The van der Waals surface area contributed by atoms with Crippen LogP contribution in [0.15, 0.2) is 30.5 Å². The van der Waals surface area contributed by atoms with Gasteiger partial charge in [0.1, 0.15) is 12.1 Å². The van der Waals surface area contributed by atoms with Gasteiger partial charge in [0, 0.05) is 43.0 Å². The third-order valence-electron chi connectivity index (χ3n) is 7.26. The number of nitrogens with one attached hydrogen (secondary N) is 5. The number of hydrogen-bond acceptors (Lipinski definition) is 6. The van der Waals surface area contributed by atoms with E-state index in [-0.39, 0.29) is 12.3 Å². The maximum atomic E-state index is 13.2. The van der Waals surface area contributed by atoms with E-state index in [4.69, 9.17) is 10.8 Å². The zero-order valence-corrected chi connectivity index (χ0v) is 25.6. The number of primary amides is 1. The van der Waals surface area contributed by atoms with Crippen LogP contribution in [0.4, 0.5) is 0 Å². The Morgan fingerprint density at radius 3 is 2.14 bits per heavy atom. The number of aromatic nitrogens is 1. The highest BCUT2D eigenvalue weighted by Crippen LogP contribution is 2.20. The monoisotopic (exact) mass is 614 g/mol. The molecule has 0 saturated carbocycles. The fourth-order valence-electron chi connectivity index (χ4n) is 5.00. The van der Waals surface area contributed by atoms with Crippen LogP contribution < -0.4 is 27.0 Å². The van der Waals surface area contributed by atoms with Gasteiger partial charge >= 0.3 is 5.97 Å². The standard InChI is InChI=1S/C31H46N6O7/c1-3-4-5-6-7-8-9-14-27(39)35-21(15-20-19-34-23-13-11-10-12-22(20)23)16-28(40)36-24(17-26(32)38)31(44)37-25(18-29(41)42)30(43)33-2/h10-13,19,21,24-25,34H,3-9,14-18H2,1-2H3,(H2,32,38)(H,33,43)(H,35,39)(H,36,40)(H,37,44)(H,41,42). The molecule has 3 unspecified atom stereocenters. The number of carbonyl (C=O) groups is 6. The summed E-state index contributed by atoms with van der Waals surface area (Å²) in [4.78, 5) is 77.2. The number of carboxylic acid groups (broad SMARTS) is 1. The first-order valence-corrected chi connectivity index (χ1v) is 15.2. The fourth-order valence-corrected chi connectivity index (χ4v) is 5.00. The first-order chi connectivity index (χ1) is 21.0. The molecule has 1 aromatic carbocycles. The number of carboxylic acids is 1. The van der Waals surface area contributed by atoms with Crippen molar-refractivity contribution in [3.8, 4) is 0 Å². The third-order valence-corrected chi connectivity index (χ3v) is 7.26.